The highest BCUT2D eigenvalue weighted by Gasteiger charge is 2.46. The van der Waals surface area contributed by atoms with E-state index in [1.54, 1.807) is 12.1 Å². The number of aromatic nitrogens is 3. The molecule has 6 rings (SSSR count). The van der Waals surface area contributed by atoms with Gasteiger partial charge < -0.3 is 23.5 Å². The van der Waals surface area contributed by atoms with Crippen LogP contribution in [-0.2, 0) is 0 Å². The molecule has 0 radical (unpaired) electrons. The Morgan fingerprint density at radius 1 is 0.961 bits per heavy atom. The molecular formula is C32H23ClF8N4O6. The van der Waals surface area contributed by atoms with Gasteiger partial charge in [0.25, 0.3) is 11.8 Å². The third-order valence-corrected chi connectivity index (χ3v) is 7.81. The van der Waals surface area contributed by atoms with Crippen LogP contribution in [0.25, 0.3) is 22.4 Å². The van der Waals surface area contributed by atoms with E-state index in [9.17, 15) is 44.7 Å². The molecule has 1 amide bonds. The van der Waals surface area contributed by atoms with Gasteiger partial charge in [-0.05, 0) is 48.4 Å². The molecule has 0 saturated heterocycles. The smallest absolute Gasteiger partial charge is 0.490 e. The SMILES string of the molecule is CC(F)(F)CN1C(=O)c2[nH]nc(-c3cccc4[nH]c(=O)oc34)c2C1c1ccc(Oc2ccc(OC(F)(F)F)c(Cl)c2)c(OCCCC(F)(F)F)c1. The van der Waals surface area contributed by atoms with Crippen molar-refractivity contribution < 1.29 is 58.5 Å². The maximum atomic E-state index is 14.5. The molecule has 0 saturated carbocycles. The average molecular weight is 747 g/mol. The van der Waals surface area contributed by atoms with Crippen LogP contribution in [0.2, 0.25) is 5.02 Å². The van der Waals surface area contributed by atoms with E-state index in [-0.39, 0.29) is 50.9 Å². The van der Waals surface area contributed by atoms with E-state index in [2.05, 4.69) is 19.9 Å². The Balaban J connectivity index is 1.43. The number of hydrogen-bond donors (Lipinski definition) is 2. The Morgan fingerprint density at radius 3 is 2.39 bits per heavy atom. The Morgan fingerprint density at radius 2 is 1.71 bits per heavy atom. The molecule has 0 fully saturated rings. The lowest BCUT2D eigenvalue weighted by atomic mass is 9.95. The number of benzene rings is 3. The minimum absolute atomic E-state index is 0.0741. The van der Waals surface area contributed by atoms with Gasteiger partial charge in [0.2, 0.25) is 0 Å². The van der Waals surface area contributed by atoms with E-state index in [0.29, 0.717) is 12.4 Å². The first-order valence-electron chi connectivity index (χ1n) is 14.8. The van der Waals surface area contributed by atoms with Gasteiger partial charge in [-0.25, -0.2) is 13.6 Å². The topological polar surface area (TPSA) is 123 Å². The summed E-state index contributed by atoms with van der Waals surface area (Å²) in [6.45, 7) is -0.942. The van der Waals surface area contributed by atoms with Gasteiger partial charge in [-0.2, -0.15) is 18.3 Å². The fourth-order valence-corrected chi connectivity index (χ4v) is 5.81. The molecule has 1 aliphatic rings. The quantitative estimate of drug-likeness (QED) is 0.102. The summed E-state index contributed by atoms with van der Waals surface area (Å²) in [5, 5.41) is 6.35. The molecule has 1 unspecified atom stereocenters. The number of oxazole rings is 1. The van der Waals surface area contributed by atoms with Crippen molar-refractivity contribution in [2.75, 3.05) is 13.2 Å². The van der Waals surface area contributed by atoms with E-state index in [4.69, 9.17) is 25.5 Å². The monoisotopic (exact) mass is 746 g/mol. The predicted molar refractivity (Wildman–Crippen MR) is 163 cm³/mol. The number of carbonyl (C=O) groups excluding carboxylic acids is 1. The summed E-state index contributed by atoms with van der Waals surface area (Å²) in [6, 6.07) is 10.3. The highest BCUT2D eigenvalue weighted by molar-refractivity contribution is 6.32. The average Bonchev–Trinajstić information content (AvgIpc) is 3.69. The molecule has 5 aromatic rings. The van der Waals surface area contributed by atoms with Crippen LogP contribution in [0, 0.1) is 0 Å². The molecule has 2 N–H and O–H groups in total. The highest BCUT2D eigenvalue weighted by Crippen LogP contribution is 2.47. The van der Waals surface area contributed by atoms with Crippen molar-refractivity contribution in [2.45, 2.75) is 44.3 Å². The van der Waals surface area contributed by atoms with Crippen LogP contribution in [0.4, 0.5) is 35.1 Å². The van der Waals surface area contributed by atoms with Crippen LogP contribution in [-0.4, -0.2) is 57.6 Å². The van der Waals surface area contributed by atoms with Crippen molar-refractivity contribution in [3.8, 4) is 34.3 Å². The first-order valence-corrected chi connectivity index (χ1v) is 15.2. The van der Waals surface area contributed by atoms with Gasteiger partial charge in [-0.15, -0.1) is 13.2 Å². The van der Waals surface area contributed by atoms with Gasteiger partial charge in [0.05, 0.1) is 29.7 Å². The molecule has 3 heterocycles. The number of alkyl halides is 8. The van der Waals surface area contributed by atoms with Crippen molar-refractivity contribution in [2.24, 2.45) is 0 Å². The number of nitrogens with one attached hydrogen (secondary N) is 2. The molecule has 270 valence electrons. The standard InChI is InChI=1S/C32H23ClF8N4O6/c1-30(34,35)14-45-26(23-24(43-44-25(23)28(45)46)17-4-2-5-19-27(17)50-29(47)42-19)15-6-8-21(22(12-15)48-11-3-10-31(36,37)38)49-16-7-9-20(18(33)13-16)51-32(39,40)41/h2,4-9,12-13,26H,3,10-11,14H2,1H3,(H,42,47)(H,43,44). The van der Waals surface area contributed by atoms with Gasteiger partial charge in [0, 0.05) is 30.5 Å². The highest BCUT2D eigenvalue weighted by atomic mass is 35.5. The summed E-state index contributed by atoms with van der Waals surface area (Å²) in [4.78, 5) is 29.0. The maximum Gasteiger partial charge on any atom is 0.573 e. The Bertz CT molecular complexity index is 2150. The largest absolute Gasteiger partial charge is 0.573 e. The van der Waals surface area contributed by atoms with E-state index >= 15 is 0 Å². The van der Waals surface area contributed by atoms with E-state index in [1.165, 1.54) is 24.3 Å². The number of para-hydroxylation sites is 1. The van der Waals surface area contributed by atoms with Gasteiger partial charge in [-0.3, -0.25) is 14.9 Å². The predicted octanol–water partition coefficient (Wildman–Crippen LogP) is 8.78. The summed E-state index contributed by atoms with van der Waals surface area (Å²) >= 11 is 5.94. The second-order valence-corrected chi connectivity index (χ2v) is 11.9. The lowest BCUT2D eigenvalue weighted by molar-refractivity contribution is -0.274. The van der Waals surface area contributed by atoms with Crippen molar-refractivity contribution in [3.63, 3.8) is 0 Å². The van der Waals surface area contributed by atoms with E-state index < -0.39 is 72.9 Å². The summed E-state index contributed by atoms with van der Waals surface area (Å²) in [5.41, 5.74) is 0.822. The lowest BCUT2D eigenvalue weighted by Gasteiger charge is -2.29. The minimum atomic E-state index is -5.03. The fraction of sp³-hybridized carbons (Fsp3) is 0.281. The molecule has 2 aromatic heterocycles. The van der Waals surface area contributed by atoms with Gasteiger partial charge in [0.15, 0.2) is 17.1 Å². The maximum absolute atomic E-state index is 14.5. The molecule has 51 heavy (non-hydrogen) atoms. The molecular weight excluding hydrogens is 724 g/mol. The normalized spacial score (nSPS) is 15.1. The van der Waals surface area contributed by atoms with Gasteiger partial charge in [-0.1, -0.05) is 23.7 Å². The van der Waals surface area contributed by atoms with Crippen LogP contribution < -0.4 is 20.0 Å². The van der Waals surface area contributed by atoms with Crippen molar-refractivity contribution in [1.82, 2.24) is 20.1 Å². The lowest BCUT2D eigenvalue weighted by Crippen LogP contribution is -2.38. The number of aromatic amines is 2. The summed E-state index contributed by atoms with van der Waals surface area (Å²) in [7, 11) is 0. The molecule has 0 bridgehead atoms. The minimum Gasteiger partial charge on any atom is -0.490 e. The first kappa shape index (κ1) is 35.6. The van der Waals surface area contributed by atoms with E-state index in [0.717, 1.165) is 23.1 Å². The number of hydrogen-bond acceptors (Lipinski definition) is 7. The second kappa shape index (κ2) is 13.1. The summed E-state index contributed by atoms with van der Waals surface area (Å²) in [6.07, 6.45) is -11.2. The molecule has 10 nitrogen and oxygen atoms in total. The third kappa shape index (κ3) is 7.90. The van der Waals surface area contributed by atoms with Crippen LogP contribution in [0.15, 0.2) is 63.8 Å². The fourth-order valence-electron chi connectivity index (χ4n) is 5.60. The Labute approximate surface area is 285 Å². The van der Waals surface area contributed by atoms with Crippen molar-refractivity contribution in [1.29, 1.82) is 0 Å². The summed E-state index contributed by atoms with van der Waals surface area (Å²) < 4.78 is 127. The zero-order valence-corrected chi connectivity index (χ0v) is 26.6. The number of rotatable bonds is 11. The number of fused-ring (bicyclic) bond motifs is 2. The van der Waals surface area contributed by atoms with Gasteiger partial charge in [0.1, 0.15) is 22.9 Å². The summed E-state index contributed by atoms with van der Waals surface area (Å²) in [5.74, 6) is -6.21. The van der Waals surface area contributed by atoms with Crippen LogP contribution in [0.1, 0.15) is 47.4 Å². The van der Waals surface area contributed by atoms with Crippen LogP contribution >= 0.6 is 11.6 Å². The number of H-pyrrole nitrogens is 2. The van der Waals surface area contributed by atoms with Crippen LogP contribution in [0.3, 0.4) is 0 Å². The zero-order chi connectivity index (χ0) is 36.9. The van der Waals surface area contributed by atoms with Crippen LogP contribution in [0.5, 0.6) is 23.0 Å². The molecule has 1 atom stereocenters. The third-order valence-electron chi connectivity index (χ3n) is 7.52. The molecule has 19 heteroatoms. The number of ether oxygens (including phenoxy) is 3. The first-order chi connectivity index (χ1) is 23.9. The van der Waals surface area contributed by atoms with E-state index in [1.807, 2.05) is 0 Å². The number of amides is 1. The number of carbonyl (C=O) groups is 1. The van der Waals surface area contributed by atoms with Gasteiger partial charge >= 0.3 is 18.3 Å². The van der Waals surface area contributed by atoms with Crippen molar-refractivity contribution in [3.05, 3.63) is 87.0 Å². The molecule has 0 aliphatic carbocycles. The molecule has 0 spiro atoms. The number of halogens is 9. The molecule has 3 aromatic carbocycles. The second-order valence-electron chi connectivity index (χ2n) is 11.5. The van der Waals surface area contributed by atoms with Crippen molar-refractivity contribution >= 4 is 28.6 Å². The Hall–Kier alpha value is -5.26. The number of nitrogens with zero attached hydrogens (tertiary/aromatic N) is 2. The molecule has 1 aliphatic heterocycles. The zero-order valence-electron chi connectivity index (χ0n) is 25.8. The Kier molecular flexibility index (Phi) is 9.16.